The van der Waals surface area contributed by atoms with E-state index in [4.69, 9.17) is 0 Å². The van der Waals surface area contributed by atoms with Crippen molar-refractivity contribution < 1.29 is 13.9 Å². The highest BCUT2D eigenvalue weighted by atomic mass is 19.1. The fraction of sp³-hybridized carbons (Fsp3) is 0.625. The van der Waals surface area contributed by atoms with Crippen molar-refractivity contribution in [1.82, 2.24) is 16.0 Å². The van der Waals surface area contributed by atoms with Crippen molar-refractivity contribution in [3.63, 3.8) is 0 Å². The maximum atomic E-state index is 14.0. The smallest absolute Gasteiger partial charge is 0.126 e. The average molecular weight is 528 g/mol. The molecular weight excluding hydrogens is 480 g/mol. The van der Waals surface area contributed by atoms with Gasteiger partial charge in [-0.1, -0.05) is 64.3 Å². The Balaban J connectivity index is 1.51. The third kappa shape index (κ3) is 7.84. The summed E-state index contributed by atoms with van der Waals surface area (Å²) in [7, 11) is 0. The molecule has 210 valence electrons. The van der Waals surface area contributed by atoms with Crippen molar-refractivity contribution in [2.45, 2.75) is 95.2 Å². The molecule has 4 nitrogen and oxygen atoms in total. The van der Waals surface area contributed by atoms with Crippen LogP contribution in [0.25, 0.3) is 0 Å². The van der Waals surface area contributed by atoms with Gasteiger partial charge in [-0.05, 0) is 91.9 Å². The fourth-order valence-electron chi connectivity index (χ4n) is 6.18. The summed E-state index contributed by atoms with van der Waals surface area (Å²) < 4.78 is 27.9. The van der Waals surface area contributed by atoms with Crippen LogP contribution in [0, 0.1) is 17.6 Å². The molecule has 2 atom stereocenters. The number of rotatable bonds is 10. The minimum Gasteiger partial charge on any atom is -0.390 e. The minimum atomic E-state index is -0.701. The first-order valence-electron chi connectivity index (χ1n) is 14.6. The summed E-state index contributed by atoms with van der Waals surface area (Å²) in [6.07, 6.45) is 7.47. The van der Waals surface area contributed by atoms with Crippen molar-refractivity contribution in [2.24, 2.45) is 5.92 Å². The maximum Gasteiger partial charge on any atom is 0.126 e. The molecule has 4 rings (SSSR count). The lowest BCUT2D eigenvalue weighted by molar-refractivity contribution is 0.101. The van der Waals surface area contributed by atoms with E-state index >= 15 is 0 Å². The molecule has 1 aliphatic carbocycles. The molecule has 2 unspecified atom stereocenters. The molecule has 1 saturated carbocycles. The van der Waals surface area contributed by atoms with Crippen molar-refractivity contribution in [1.29, 1.82) is 0 Å². The number of nitrogens with one attached hydrogen (secondary N) is 3. The number of aliphatic hydroxyl groups is 1. The summed E-state index contributed by atoms with van der Waals surface area (Å²) in [5, 5.41) is 22.3. The average Bonchev–Trinajstić information content (AvgIpc) is 2.90. The Morgan fingerprint density at radius 3 is 2.34 bits per heavy atom. The van der Waals surface area contributed by atoms with Crippen LogP contribution >= 0.6 is 0 Å². The normalized spacial score (nSPS) is 20.3. The SMILES string of the molecule is CC(C)(C)c1cccc(C2(NCC(O)C(Cc3cc(F)cc(F)c3)NCC3CCNCC3)CCCCC2)c1. The quantitative estimate of drug-likeness (QED) is 0.326. The lowest BCUT2D eigenvalue weighted by atomic mass is 9.74. The highest BCUT2D eigenvalue weighted by molar-refractivity contribution is 5.34. The second-order valence-electron chi connectivity index (χ2n) is 12.6. The highest BCUT2D eigenvalue weighted by Gasteiger charge is 2.35. The van der Waals surface area contributed by atoms with Gasteiger partial charge in [0.15, 0.2) is 0 Å². The van der Waals surface area contributed by atoms with Crippen LogP contribution in [-0.2, 0) is 17.4 Å². The van der Waals surface area contributed by atoms with Crippen LogP contribution in [0.2, 0.25) is 0 Å². The van der Waals surface area contributed by atoms with E-state index in [9.17, 15) is 13.9 Å². The molecule has 2 aromatic carbocycles. The van der Waals surface area contributed by atoms with Crippen LogP contribution < -0.4 is 16.0 Å². The van der Waals surface area contributed by atoms with Crippen LogP contribution in [0.1, 0.15) is 82.4 Å². The number of aliphatic hydroxyl groups excluding tert-OH is 1. The largest absolute Gasteiger partial charge is 0.390 e. The topological polar surface area (TPSA) is 56.3 Å². The molecule has 0 amide bonds. The van der Waals surface area contributed by atoms with Gasteiger partial charge < -0.3 is 21.1 Å². The van der Waals surface area contributed by atoms with E-state index in [1.165, 1.54) is 29.7 Å². The molecule has 2 fully saturated rings. The number of halogens is 2. The monoisotopic (exact) mass is 527 g/mol. The van der Waals surface area contributed by atoms with Gasteiger partial charge in [0.25, 0.3) is 0 Å². The second-order valence-corrected chi connectivity index (χ2v) is 12.6. The Morgan fingerprint density at radius 2 is 1.68 bits per heavy atom. The third-order valence-corrected chi connectivity index (χ3v) is 8.61. The Hall–Kier alpha value is -1.86. The molecule has 2 aliphatic rings. The summed E-state index contributed by atoms with van der Waals surface area (Å²) in [5.74, 6) is -0.623. The molecule has 0 aromatic heterocycles. The van der Waals surface area contributed by atoms with Gasteiger partial charge in [-0.2, -0.15) is 0 Å². The number of benzene rings is 2. The highest BCUT2D eigenvalue weighted by Crippen LogP contribution is 2.38. The molecule has 1 saturated heterocycles. The number of hydrogen-bond donors (Lipinski definition) is 4. The Kier molecular flexibility index (Phi) is 9.96. The summed E-state index contributed by atoms with van der Waals surface area (Å²) in [6, 6.07) is 12.3. The predicted molar refractivity (Wildman–Crippen MR) is 151 cm³/mol. The maximum absolute atomic E-state index is 14.0. The van der Waals surface area contributed by atoms with Gasteiger partial charge in [0.1, 0.15) is 11.6 Å². The summed E-state index contributed by atoms with van der Waals surface area (Å²) in [5.41, 5.74) is 3.06. The summed E-state index contributed by atoms with van der Waals surface area (Å²) in [6.45, 7) is 9.94. The van der Waals surface area contributed by atoms with Crippen LogP contribution in [-0.4, -0.2) is 43.4 Å². The zero-order chi connectivity index (χ0) is 27.2. The molecule has 0 radical (unpaired) electrons. The van der Waals surface area contributed by atoms with E-state index in [-0.39, 0.29) is 17.0 Å². The summed E-state index contributed by atoms with van der Waals surface area (Å²) >= 11 is 0. The van der Waals surface area contributed by atoms with Crippen molar-refractivity contribution in [3.8, 4) is 0 Å². The van der Waals surface area contributed by atoms with Crippen molar-refractivity contribution in [3.05, 3.63) is 70.8 Å². The first-order chi connectivity index (χ1) is 18.1. The molecular formula is C32H47F2N3O. The fourth-order valence-corrected chi connectivity index (χ4v) is 6.18. The summed E-state index contributed by atoms with van der Waals surface area (Å²) in [4.78, 5) is 0. The Bertz CT molecular complexity index is 1010. The zero-order valence-corrected chi connectivity index (χ0v) is 23.5. The van der Waals surface area contributed by atoms with Gasteiger partial charge in [-0.15, -0.1) is 0 Å². The lowest BCUT2D eigenvalue weighted by Gasteiger charge is -2.41. The number of piperidine rings is 1. The van der Waals surface area contributed by atoms with E-state index < -0.39 is 17.7 Å². The van der Waals surface area contributed by atoms with E-state index in [2.05, 4.69) is 61.0 Å². The Labute approximate surface area is 228 Å². The third-order valence-electron chi connectivity index (χ3n) is 8.61. The molecule has 1 heterocycles. The van der Waals surface area contributed by atoms with Gasteiger partial charge in [0.2, 0.25) is 0 Å². The van der Waals surface area contributed by atoms with Gasteiger partial charge in [-0.3, -0.25) is 0 Å². The standard InChI is InChI=1S/C32H47F2N3O/c1-31(2,3)25-8-7-9-26(19-25)32(12-5-4-6-13-32)37-22-30(38)29(36-21-23-10-14-35-15-11-23)18-24-16-27(33)20-28(34)17-24/h7-9,16-17,19-20,23,29-30,35-38H,4-6,10-15,18,21-22H2,1-3H3. The first-order valence-corrected chi connectivity index (χ1v) is 14.6. The Morgan fingerprint density at radius 1 is 1.00 bits per heavy atom. The zero-order valence-electron chi connectivity index (χ0n) is 23.5. The molecule has 38 heavy (non-hydrogen) atoms. The van der Waals surface area contributed by atoms with Crippen LogP contribution in [0.3, 0.4) is 0 Å². The van der Waals surface area contributed by atoms with E-state index in [0.29, 0.717) is 24.4 Å². The minimum absolute atomic E-state index is 0.0647. The molecule has 2 aromatic rings. The second kappa shape index (κ2) is 13.0. The molecule has 1 aliphatic heterocycles. The number of hydrogen-bond acceptors (Lipinski definition) is 4. The van der Waals surface area contributed by atoms with Crippen LogP contribution in [0.4, 0.5) is 8.78 Å². The molecule has 4 N–H and O–H groups in total. The first kappa shape index (κ1) is 29.1. The van der Waals surface area contributed by atoms with Crippen LogP contribution in [0.15, 0.2) is 42.5 Å². The van der Waals surface area contributed by atoms with Gasteiger partial charge in [0, 0.05) is 24.2 Å². The lowest BCUT2D eigenvalue weighted by Crippen LogP contribution is -2.53. The van der Waals surface area contributed by atoms with Crippen molar-refractivity contribution in [2.75, 3.05) is 26.2 Å². The molecule has 0 bridgehead atoms. The molecule has 0 spiro atoms. The van der Waals surface area contributed by atoms with E-state index in [1.54, 1.807) is 0 Å². The predicted octanol–water partition coefficient (Wildman–Crippen LogP) is 5.57. The van der Waals surface area contributed by atoms with Gasteiger partial charge in [0.05, 0.1) is 6.10 Å². The van der Waals surface area contributed by atoms with E-state index in [1.807, 2.05) is 0 Å². The van der Waals surface area contributed by atoms with Crippen LogP contribution in [0.5, 0.6) is 0 Å². The molecule has 6 heteroatoms. The van der Waals surface area contributed by atoms with Gasteiger partial charge >= 0.3 is 0 Å². The van der Waals surface area contributed by atoms with E-state index in [0.717, 1.165) is 64.2 Å². The van der Waals surface area contributed by atoms with Gasteiger partial charge in [-0.25, -0.2) is 8.78 Å². The van der Waals surface area contributed by atoms with Crippen molar-refractivity contribution >= 4 is 0 Å².